The van der Waals surface area contributed by atoms with Crippen LogP contribution in [0.15, 0.2) is 30.5 Å². The molecule has 0 aliphatic carbocycles. The van der Waals surface area contributed by atoms with Gasteiger partial charge >= 0.3 is 0 Å². The molecule has 4 heterocycles. The van der Waals surface area contributed by atoms with Crippen molar-refractivity contribution in [2.45, 2.75) is 0 Å². The van der Waals surface area contributed by atoms with Gasteiger partial charge in [0.15, 0.2) is 0 Å². The topological polar surface area (TPSA) is 52.5 Å². The first-order valence-corrected chi connectivity index (χ1v) is 9.83. The van der Waals surface area contributed by atoms with Crippen LogP contribution in [0.2, 0.25) is 0 Å². The van der Waals surface area contributed by atoms with Gasteiger partial charge in [0, 0.05) is 64.1 Å². The molecular weight excluding hydrogens is 342 g/mol. The van der Waals surface area contributed by atoms with Gasteiger partial charge in [-0.3, -0.25) is 9.69 Å². The lowest BCUT2D eigenvalue weighted by Crippen LogP contribution is -2.44. The van der Waals surface area contributed by atoms with E-state index < -0.39 is 0 Å². The Morgan fingerprint density at radius 3 is 2.56 bits per heavy atom. The summed E-state index contributed by atoms with van der Waals surface area (Å²) in [6.07, 6.45) is 1.97. The standard InChI is InChI=1S/C20H29N5O2/c1-22-8-10-24(11-9-22)19-5-4-18-3-2-17(16-25(18)19)20(26)21-6-7-23-12-14-27-15-13-23/h2-5,16H,6-15H2,1H3,(H,21,26). The summed E-state index contributed by atoms with van der Waals surface area (Å²) in [4.78, 5) is 19.7. The first kappa shape index (κ1) is 18.3. The summed E-state index contributed by atoms with van der Waals surface area (Å²) < 4.78 is 7.50. The second-order valence-electron chi connectivity index (χ2n) is 7.40. The summed E-state index contributed by atoms with van der Waals surface area (Å²) in [5.74, 6) is 1.16. The Hall–Kier alpha value is -2.09. The zero-order valence-corrected chi connectivity index (χ0v) is 16.1. The number of anilines is 1. The van der Waals surface area contributed by atoms with Crippen molar-refractivity contribution in [2.24, 2.45) is 0 Å². The Morgan fingerprint density at radius 2 is 1.78 bits per heavy atom. The highest BCUT2D eigenvalue weighted by atomic mass is 16.5. The lowest BCUT2D eigenvalue weighted by Gasteiger charge is -2.33. The number of nitrogens with zero attached hydrogens (tertiary/aromatic N) is 4. The van der Waals surface area contributed by atoms with Crippen LogP contribution in [0.5, 0.6) is 0 Å². The van der Waals surface area contributed by atoms with E-state index in [1.807, 2.05) is 18.3 Å². The molecule has 0 atom stereocenters. The van der Waals surface area contributed by atoms with E-state index >= 15 is 0 Å². The van der Waals surface area contributed by atoms with Crippen molar-refractivity contribution >= 4 is 17.2 Å². The Balaban J connectivity index is 1.41. The van der Waals surface area contributed by atoms with Crippen LogP contribution in [0.1, 0.15) is 10.4 Å². The summed E-state index contributed by atoms with van der Waals surface area (Å²) in [6, 6.07) is 8.21. The molecule has 4 rings (SSSR count). The number of aromatic nitrogens is 1. The molecule has 0 radical (unpaired) electrons. The molecule has 2 aliphatic rings. The lowest BCUT2D eigenvalue weighted by atomic mass is 10.2. The Bertz CT molecular complexity index is 776. The van der Waals surface area contributed by atoms with Crippen LogP contribution in [-0.4, -0.2) is 92.7 Å². The molecule has 27 heavy (non-hydrogen) atoms. The molecule has 2 aliphatic heterocycles. The number of rotatable bonds is 5. The van der Waals surface area contributed by atoms with Crippen LogP contribution in [-0.2, 0) is 4.74 Å². The van der Waals surface area contributed by atoms with Crippen molar-refractivity contribution in [2.75, 3.05) is 77.5 Å². The fourth-order valence-electron chi connectivity index (χ4n) is 3.77. The summed E-state index contributed by atoms with van der Waals surface area (Å²) in [6.45, 7) is 9.14. The minimum Gasteiger partial charge on any atom is -0.379 e. The van der Waals surface area contributed by atoms with E-state index in [1.54, 1.807) is 0 Å². The smallest absolute Gasteiger partial charge is 0.252 e. The molecule has 0 aromatic carbocycles. The third-order valence-corrected chi connectivity index (χ3v) is 5.54. The second-order valence-corrected chi connectivity index (χ2v) is 7.40. The second kappa shape index (κ2) is 8.29. The van der Waals surface area contributed by atoms with Crippen LogP contribution in [0.4, 0.5) is 5.82 Å². The maximum absolute atomic E-state index is 12.6. The van der Waals surface area contributed by atoms with Crippen LogP contribution < -0.4 is 10.2 Å². The number of pyridine rings is 1. The summed E-state index contributed by atoms with van der Waals surface area (Å²) >= 11 is 0. The number of piperazine rings is 1. The molecule has 2 saturated heterocycles. The number of carbonyl (C=O) groups is 1. The maximum Gasteiger partial charge on any atom is 0.252 e. The number of nitrogens with one attached hydrogen (secondary N) is 1. The van der Waals surface area contributed by atoms with Crippen molar-refractivity contribution in [3.05, 3.63) is 36.0 Å². The fraction of sp³-hybridized carbons (Fsp3) is 0.550. The molecule has 0 bridgehead atoms. The van der Waals surface area contributed by atoms with Gasteiger partial charge in [-0.2, -0.15) is 0 Å². The highest BCUT2D eigenvalue weighted by Gasteiger charge is 2.18. The SMILES string of the molecule is CN1CCN(c2ccc3ccc(C(=O)NCCN4CCOCC4)cn23)CC1. The Labute approximate surface area is 160 Å². The predicted octanol–water partition coefficient (Wildman–Crippen LogP) is 0.753. The summed E-state index contributed by atoms with van der Waals surface area (Å²) in [7, 11) is 2.16. The van der Waals surface area contributed by atoms with Crippen molar-refractivity contribution < 1.29 is 9.53 Å². The van der Waals surface area contributed by atoms with Crippen molar-refractivity contribution in [1.82, 2.24) is 19.5 Å². The van der Waals surface area contributed by atoms with Crippen molar-refractivity contribution in [3.8, 4) is 0 Å². The number of carbonyl (C=O) groups excluding carboxylic acids is 1. The molecule has 7 nitrogen and oxygen atoms in total. The van der Waals surface area contributed by atoms with Gasteiger partial charge in [-0.15, -0.1) is 0 Å². The molecule has 0 unspecified atom stereocenters. The molecule has 2 aromatic rings. The number of hydrogen-bond donors (Lipinski definition) is 1. The van der Waals surface area contributed by atoms with Crippen LogP contribution in [0.25, 0.3) is 5.52 Å². The average Bonchev–Trinajstić information content (AvgIpc) is 3.12. The molecule has 146 valence electrons. The third-order valence-electron chi connectivity index (χ3n) is 5.54. The lowest BCUT2D eigenvalue weighted by molar-refractivity contribution is 0.0383. The van der Waals surface area contributed by atoms with Crippen molar-refractivity contribution in [1.29, 1.82) is 0 Å². The van der Waals surface area contributed by atoms with E-state index in [2.05, 4.69) is 43.6 Å². The largest absolute Gasteiger partial charge is 0.379 e. The number of morpholine rings is 1. The van der Waals surface area contributed by atoms with Crippen molar-refractivity contribution in [3.63, 3.8) is 0 Å². The van der Waals surface area contributed by atoms with E-state index in [1.165, 1.54) is 5.82 Å². The zero-order valence-electron chi connectivity index (χ0n) is 16.1. The van der Waals surface area contributed by atoms with E-state index in [9.17, 15) is 4.79 Å². The van der Waals surface area contributed by atoms with Gasteiger partial charge in [-0.25, -0.2) is 0 Å². The minimum atomic E-state index is -0.0109. The van der Waals surface area contributed by atoms with Crippen LogP contribution in [0.3, 0.4) is 0 Å². The average molecular weight is 371 g/mol. The van der Waals surface area contributed by atoms with E-state index in [0.717, 1.165) is 64.5 Å². The summed E-state index contributed by atoms with van der Waals surface area (Å²) in [5, 5.41) is 3.05. The molecule has 2 fully saturated rings. The fourth-order valence-corrected chi connectivity index (χ4v) is 3.77. The zero-order chi connectivity index (χ0) is 18.6. The van der Waals surface area contributed by atoms with Gasteiger partial charge in [0.1, 0.15) is 5.82 Å². The van der Waals surface area contributed by atoms with Gasteiger partial charge in [0.05, 0.1) is 18.8 Å². The van der Waals surface area contributed by atoms with Crippen LogP contribution >= 0.6 is 0 Å². The van der Waals surface area contributed by atoms with E-state index in [4.69, 9.17) is 4.74 Å². The Morgan fingerprint density at radius 1 is 1.04 bits per heavy atom. The molecular formula is C20H29N5O2. The minimum absolute atomic E-state index is 0.0109. The highest BCUT2D eigenvalue weighted by molar-refractivity contribution is 5.94. The molecule has 2 aromatic heterocycles. The summed E-state index contributed by atoms with van der Waals surface area (Å²) in [5.41, 5.74) is 1.82. The van der Waals surface area contributed by atoms with Gasteiger partial charge in [-0.05, 0) is 31.3 Å². The van der Waals surface area contributed by atoms with Gasteiger partial charge in [0.2, 0.25) is 0 Å². The van der Waals surface area contributed by atoms with E-state index in [-0.39, 0.29) is 5.91 Å². The number of ether oxygens (including phenoxy) is 1. The number of likely N-dealkylation sites (N-methyl/N-ethyl adjacent to an activating group) is 1. The maximum atomic E-state index is 12.6. The number of fused-ring (bicyclic) bond motifs is 1. The highest BCUT2D eigenvalue weighted by Crippen LogP contribution is 2.21. The predicted molar refractivity (Wildman–Crippen MR) is 107 cm³/mol. The van der Waals surface area contributed by atoms with Gasteiger partial charge in [0.25, 0.3) is 5.91 Å². The van der Waals surface area contributed by atoms with Gasteiger partial charge < -0.3 is 24.3 Å². The first-order valence-electron chi connectivity index (χ1n) is 9.83. The quantitative estimate of drug-likeness (QED) is 0.841. The van der Waals surface area contributed by atoms with Crippen LogP contribution in [0, 0.1) is 0 Å². The third kappa shape index (κ3) is 4.26. The molecule has 7 heteroatoms. The van der Waals surface area contributed by atoms with Gasteiger partial charge in [-0.1, -0.05) is 0 Å². The molecule has 0 saturated carbocycles. The Kier molecular flexibility index (Phi) is 5.61. The first-order chi connectivity index (χ1) is 13.2. The molecule has 0 spiro atoms. The normalized spacial score (nSPS) is 19.5. The number of hydrogen-bond acceptors (Lipinski definition) is 5. The monoisotopic (exact) mass is 371 g/mol. The molecule has 1 N–H and O–H groups in total. The molecule has 1 amide bonds. The number of amides is 1. The van der Waals surface area contributed by atoms with E-state index in [0.29, 0.717) is 12.1 Å².